The number of benzene rings is 2. The largest absolute Gasteiger partial charge is 0.416 e. The van der Waals surface area contributed by atoms with Crippen molar-refractivity contribution in [3.63, 3.8) is 0 Å². The first-order valence-corrected chi connectivity index (χ1v) is 9.15. The molecule has 3 aromatic rings. The number of alkyl halides is 3. The summed E-state index contributed by atoms with van der Waals surface area (Å²) in [5.41, 5.74) is 1.24. The van der Waals surface area contributed by atoms with Gasteiger partial charge in [-0.2, -0.15) is 13.2 Å². The van der Waals surface area contributed by atoms with Gasteiger partial charge in [0.15, 0.2) is 0 Å². The first-order valence-electron chi connectivity index (χ1n) is 8.77. The van der Waals surface area contributed by atoms with Crippen LogP contribution in [0, 0.1) is 0 Å². The van der Waals surface area contributed by atoms with Crippen molar-refractivity contribution in [1.82, 2.24) is 9.97 Å². The number of nitrogens with one attached hydrogen (secondary N) is 1. The van der Waals surface area contributed by atoms with Gasteiger partial charge in [0, 0.05) is 17.4 Å². The first kappa shape index (κ1) is 20.8. The molecule has 1 amide bonds. The molecule has 0 bridgehead atoms. The Morgan fingerprint density at radius 2 is 1.90 bits per heavy atom. The Morgan fingerprint density at radius 3 is 2.62 bits per heavy atom. The molecule has 0 aliphatic rings. The van der Waals surface area contributed by atoms with Crippen LogP contribution in [0.4, 0.5) is 18.9 Å². The topological polar surface area (TPSA) is 54.9 Å². The fourth-order valence-corrected chi connectivity index (χ4v) is 3.04. The second-order valence-electron chi connectivity index (χ2n) is 6.60. The van der Waals surface area contributed by atoms with Gasteiger partial charge >= 0.3 is 6.18 Å². The van der Waals surface area contributed by atoms with E-state index in [1.807, 2.05) is 13.0 Å². The Kier molecular flexibility index (Phi) is 6.17. The smallest absolute Gasteiger partial charge is 0.322 e. The predicted molar refractivity (Wildman–Crippen MR) is 105 cm³/mol. The summed E-state index contributed by atoms with van der Waals surface area (Å²) in [6.07, 6.45) is -0.811. The number of nitrogens with zero attached hydrogens (tertiary/aromatic N) is 2. The van der Waals surface area contributed by atoms with E-state index in [4.69, 9.17) is 11.6 Å². The Morgan fingerprint density at radius 1 is 1.14 bits per heavy atom. The molecule has 1 heterocycles. The summed E-state index contributed by atoms with van der Waals surface area (Å²) in [4.78, 5) is 20.6. The maximum atomic E-state index is 12.9. The molecule has 1 aromatic heterocycles. The third kappa shape index (κ3) is 5.54. The monoisotopic (exact) mass is 419 g/mol. The Hall–Kier alpha value is -2.93. The van der Waals surface area contributed by atoms with Crippen molar-refractivity contribution in [1.29, 1.82) is 0 Å². The number of hydrogen-bond donors (Lipinski definition) is 1. The summed E-state index contributed by atoms with van der Waals surface area (Å²) in [7, 11) is 0. The zero-order valence-corrected chi connectivity index (χ0v) is 16.1. The van der Waals surface area contributed by atoms with Crippen molar-refractivity contribution in [3.05, 3.63) is 88.5 Å². The van der Waals surface area contributed by atoms with E-state index >= 15 is 0 Å². The number of carbonyl (C=O) groups is 1. The second-order valence-corrected chi connectivity index (χ2v) is 6.98. The number of rotatable bonds is 5. The minimum atomic E-state index is -4.51. The summed E-state index contributed by atoms with van der Waals surface area (Å²) in [5, 5.41) is 2.97. The maximum absolute atomic E-state index is 12.9. The van der Waals surface area contributed by atoms with Crippen LogP contribution in [0.15, 0.2) is 60.9 Å². The molecule has 0 saturated carbocycles. The number of anilines is 1. The van der Waals surface area contributed by atoms with Crippen LogP contribution in [0.1, 0.15) is 40.0 Å². The highest BCUT2D eigenvalue weighted by Gasteiger charge is 2.30. The molecule has 3 rings (SSSR count). The van der Waals surface area contributed by atoms with E-state index in [1.54, 1.807) is 24.4 Å². The summed E-state index contributed by atoms with van der Waals surface area (Å²) < 4.78 is 38.6. The molecule has 0 radical (unpaired) electrons. The van der Waals surface area contributed by atoms with Crippen molar-refractivity contribution in [2.24, 2.45) is 0 Å². The summed E-state index contributed by atoms with van der Waals surface area (Å²) in [5.74, 6) is -0.546. The fraction of sp³-hybridized carbons (Fsp3) is 0.190. The van der Waals surface area contributed by atoms with Crippen LogP contribution in [-0.4, -0.2) is 15.9 Å². The van der Waals surface area contributed by atoms with Crippen LogP contribution < -0.4 is 5.32 Å². The molecule has 0 saturated heterocycles. The van der Waals surface area contributed by atoms with E-state index in [2.05, 4.69) is 15.3 Å². The number of hydrogen-bond acceptors (Lipinski definition) is 3. The third-order valence-electron chi connectivity index (χ3n) is 4.34. The number of halogens is 4. The van der Waals surface area contributed by atoms with E-state index in [1.165, 1.54) is 18.3 Å². The normalized spacial score (nSPS) is 12.4. The summed E-state index contributed by atoms with van der Waals surface area (Å²) in [6, 6.07) is 11.5. The second kappa shape index (κ2) is 8.61. The zero-order valence-electron chi connectivity index (χ0n) is 15.4. The standard InChI is InChI=1S/C21H17ClF3N3O/c1-13(8-18-11-26-12-19(22)27-18)14-4-3-7-17(10-14)28-20(29)15-5-2-6-16(9-15)21(23,24)25/h2-7,9-13H,8H2,1H3,(H,28,29)/t13-/m1/s1. The van der Waals surface area contributed by atoms with Crippen LogP contribution in [0.25, 0.3) is 0 Å². The van der Waals surface area contributed by atoms with Crippen molar-refractivity contribution >= 4 is 23.2 Å². The average Bonchev–Trinajstić information content (AvgIpc) is 2.67. The predicted octanol–water partition coefficient (Wildman–Crippen LogP) is 5.75. The molecule has 4 nitrogen and oxygen atoms in total. The molecule has 0 fully saturated rings. The molecule has 0 unspecified atom stereocenters. The zero-order chi connectivity index (χ0) is 21.0. The number of aromatic nitrogens is 2. The van der Waals surface area contributed by atoms with Crippen molar-refractivity contribution in [2.45, 2.75) is 25.4 Å². The Balaban J connectivity index is 1.73. The molecule has 0 aliphatic carbocycles. The van der Waals surface area contributed by atoms with E-state index < -0.39 is 17.6 Å². The third-order valence-corrected chi connectivity index (χ3v) is 4.52. The van der Waals surface area contributed by atoms with Gasteiger partial charge < -0.3 is 5.32 Å². The molecule has 0 aliphatic heterocycles. The lowest BCUT2D eigenvalue weighted by molar-refractivity contribution is -0.137. The lowest BCUT2D eigenvalue weighted by atomic mass is 9.96. The lowest BCUT2D eigenvalue weighted by Gasteiger charge is -2.14. The molecule has 0 spiro atoms. The molecule has 1 atom stereocenters. The minimum absolute atomic E-state index is 0.0625. The molecule has 29 heavy (non-hydrogen) atoms. The Labute approximate surface area is 170 Å². The molecular formula is C21H17ClF3N3O. The van der Waals surface area contributed by atoms with E-state index in [0.29, 0.717) is 17.3 Å². The van der Waals surface area contributed by atoms with Gasteiger partial charge in [0.05, 0.1) is 17.5 Å². The lowest BCUT2D eigenvalue weighted by Crippen LogP contribution is -2.14. The Bertz CT molecular complexity index is 1020. The van der Waals surface area contributed by atoms with Crippen molar-refractivity contribution < 1.29 is 18.0 Å². The molecule has 8 heteroatoms. The van der Waals surface area contributed by atoms with Gasteiger partial charge in [-0.3, -0.25) is 9.78 Å². The number of carbonyl (C=O) groups excluding carboxylic acids is 1. The highest BCUT2D eigenvalue weighted by molar-refractivity contribution is 6.29. The van der Waals surface area contributed by atoms with Crippen LogP contribution in [0.2, 0.25) is 5.15 Å². The van der Waals surface area contributed by atoms with Gasteiger partial charge in [-0.15, -0.1) is 0 Å². The van der Waals surface area contributed by atoms with E-state index in [9.17, 15) is 18.0 Å². The minimum Gasteiger partial charge on any atom is -0.322 e. The SMILES string of the molecule is C[C@H](Cc1cncc(Cl)n1)c1cccc(NC(=O)c2cccc(C(F)(F)F)c2)c1. The van der Waals surface area contributed by atoms with Crippen molar-refractivity contribution in [3.8, 4) is 0 Å². The highest BCUT2D eigenvalue weighted by Crippen LogP contribution is 2.30. The van der Waals surface area contributed by atoms with Crippen LogP contribution in [0.5, 0.6) is 0 Å². The highest BCUT2D eigenvalue weighted by atomic mass is 35.5. The first-order chi connectivity index (χ1) is 13.7. The molecule has 2 aromatic carbocycles. The van der Waals surface area contributed by atoms with Gasteiger partial charge in [0.2, 0.25) is 0 Å². The fourth-order valence-electron chi connectivity index (χ4n) is 2.87. The summed E-state index contributed by atoms with van der Waals surface area (Å²) in [6.45, 7) is 2.00. The average molecular weight is 420 g/mol. The van der Waals surface area contributed by atoms with E-state index in [0.717, 1.165) is 23.4 Å². The van der Waals surface area contributed by atoms with Gasteiger partial charge in [-0.05, 0) is 48.2 Å². The van der Waals surface area contributed by atoms with Crippen molar-refractivity contribution in [2.75, 3.05) is 5.32 Å². The summed E-state index contributed by atoms with van der Waals surface area (Å²) >= 11 is 5.86. The van der Waals surface area contributed by atoms with Gasteiger partial charge in [0.25, 0.3) is 5.91 Å². The van der Waals surface area contributed by atoms with Crippen LogP contribution in [-0.2, 0) is 12.6 Å². The number of amides is 1. The quantitative estimate of drug-likeness (QED) is 0.573. The molecular weight excluding hydrogens is 403 g/mol. The van der Waals surface area contributed by atoms with Gasteiger partial charge in [0.1, 0.15) is 5.15 Å². The maximum Gasteiger partial charge on any atom is 0.416 e. The van der Waals surface area contributed by atoms with Crippen LogP contribution in [0.3, 0.4) is 0 Å². The van der Waals surface area contributed by atoms with Gasteiger partial charge in [-0.1, -0.05) is 36.7 Å². The van der Waals surface area contributed by atoms with Crippen LogP contribution >= 0.6 is 11.6 Å². The van der Waals surface area contributed by atoms with E-state index in [-0.39, 0.29) is 11.5 Å². The molecule has 150 valence electrons. The molecule has 1 N–H and O–H groups in total. The van der Waals surface area contributed by atoms with Gasteiger partial charge in [-0.25, -0.2) is 4.98 Å².